The molecule has 3 heteroatoms. The number of rotatable bonds is 2. The van der Waals surface area contributed by atoms with Crippen molar-refractivity contribution < 1.29 is 9.90 Å². The molecule has 0 aromatic heterocycles. The zero-order valence-electron chi connectivity index (χ0n) is 8.82. The molecule has 0 aliphatic rings. The zero-order chi connectivity index (χ0) is 11.0. The van der Waals surface area contributed by atoms with Crippen LogP contribution in [-0.2, 0) is 4.79 Å². The number of nitrogens with one attached hydrogen (secondary N) is 1. The number of carbonyl (C=O) groups is 1. The molecule has 0 fully saturated rings. The Kier molecular flexibility index (Phi) is 6.41. The Morgan fingerprint density at radius 3 is 2.21 bits per heavy atom. The van der Waals surface area contributed by atoms with Crippen molar-refractivity contribution in [1.29, 1.82) is 0 Å². The van der Waals surface area contributed by atoms with Gasteiger partial charge in [-0.15, -0.1) is 0 Å². The number of hydrogen-bond acceptors (Lipinski definition) is 2. The lowest BCUT2D eigenvalue weighted by Gasteiger charge is -2.07. The summed E-state index contributed by atoms with van der Waals surface area (Å²) in [5, 5.41) is 11.8. The van der Waals surface area contributed by atoms with Crippen molar-refractivity contribution in [3.8, 4) is 0 Å². The van der Waals surface area contributed by atoms with E-state index in [1.165, 1.54) is 7.05 Å². The minimum atomic E-state index is -1.06. The lowest BCUT2D eigenvalue weighted by atomic mass is 10.1. The highest BCUT2D eigenvalue weighted by molar-refractivity contribution is 5.81. The third kappa shape index (κ3) is 3.58. The first-order valence-corrected chi connectivity index (χ1v) is 4.70. The maximum absolute atomic E-state index is 11.0. The van der Waals surface area contributed by atoms with Crippen molar-refractivity contribution in [3.05, 3.63) is 35.9 Å². The average molecular weight is 195 g/mol. The fraction of sp³-hybridized carbons (Fsp3) is 0.364. The summed E-state index contributed by atoms with van der Waals surface area (Å²) in [6.45, 7) is 4.00. The Morgan fingerprint density at radius 2 is 1.79 bits per heavy atom. The normalized spacial score (nSPS) is 10.9. The minimum absolute atomic E-state index is 0.388. The maximum atomic E-state index is 11.0. The lowest BCUT2D eigenvalue weighted by Crippen LogP contribution is -2.25. The summed E-state index contributed by atoms with van der Waals surface area (Å²) in [6.07, 6.45) is -1.06. The van der Waals surface area contributed by atoms with Crippen LogP contribution in [0.15, 0.2) is 30.3 Å². The standard InChI is InChI=1S/C9H11NO2.C2H6/c1-10-9(12)8(11)7-5-3-2-4-6-7;1-2/h2-6,8,11H,1H3,(H,10,12);1-2H3/t8-;/m0./s1. The predicted molar refractivity (Wildman–Crippen MR) is 56.8 cm³/mol. The summed E-state index contributed by atoms with van der Waals surface area (Å²) in [6, 6.07) is 8.81. The molecule has 0 spiro atoms. The number of carbonyl (C=O) groups excluding carboxylic acids is 1. The molecule has 14 heavy (non-hydrogen) atoms. The highest BCUT2D eigenvalue weighted by atomic mass is 16.3. The molecule has 0 saturated heterocycles. The van der Waals surface area contributed by atoms with E-state index in [4.69, 9.17) is 0 Å². The molecule has 1 atom stereocenters. The SMILES string of the molecule is CC.CNC(=O)[C@@H](O)c1ccccc1. The van der Waals surface area contributed by atoms with Gasteiger partial charge in [0.2, 0.25) is 0 Å². The minimum Gasteiger partial charge on any atom is -0.378 e. The largest absolute Gasteiger partial charge is 0.378 e. The molecule has 1 aromatic carbocycles. The van der Waals surface area contributed by atoms with E-state index in [0.717, 1.165) is 0 Å². The molecular formula is C11H17NO2. The lowest BCUT2D eigenvalue weighted by molar-refractivity contribution is -0.129. The molecule has 0 saturated carbocycles. The smallest absolute Gasteiger partial charge is 0.253 e. The van der Waals surface area contributed by atoms with Crippen molar-refractivity contribution in [2.24, 2.45) is 0 Å². The number of amides is 1. The van der Waals surface area contributed by atoms with Crippen molar-refractivity contribution in [3.63, 3.8) is 0 Å². The molecule has 1 rings (SSSR count). The highest BCUT2D eigenvalue weighted by Gasteiger charge is 2.14. The Hall–Kier alpha value is -1.35. The molecule has 3 nitrogen and oxygen atoms in total. The first kappa shape index (κ1) is 12.7. The van der Waals surface area contributed by atoms with Crippen LogP contribution < -0.4 is 5.32 Å². The van der Waals surface area contributed by atoms with E-state index in [0.29, 0.717) is 5.56 Å². The van der Waals surface area contributed by atoms with Crippen molar-refractivity contribution >= 4 is 5.91 Å². The van der Waals surface area contributed by atoms with Gasteiger partial charge < -0.3 is 10.4 Å². The van der Waals surface area contributed by atoms with Gasteiger partial charge in [-0.2, -0.15) is 0 Å². The summed E-state index contributed by atoms with van der Waals surface area (Å²) in [7, 11) is 1.49. The van der Waals surface area contributed by atoms with E-state index in [-0.39, 0.29) is 5.91 Å². The van der Waals surface area contributed by atoms with Crippen LogP contribution in [0.5, 0.6) is 0 Å². The van der Waals surface area contributed by atoms with Gasteiger partial charge in [0.05, 0.1) is 0 Å². The number of aliphatic hydroxyl groups excluding tert-OH is 1. The fourth-order valence-corrected chi connectivity index (χ4v) is 0.923. The quantitative estimate of drug-likeness (QED) is 0.751. The Bertz CT molecular complexity index is 259. The molecule has 0 aliphatic carbocycles. The van der Waals surface area contributed by atoms with Gasteiger partial charge in [-0.1, -0.05) is 44.2 Å². The van der Waals surface area contributed by atoms with Crippen LogP contribution in [-0.4, -0.2) is 18.1 Å². The highest BCUT2D eigenvalue weighted by Crippen LogP contribution is 2.10. The Labute approximate surface area is 84.8 Å². The molecule has 0 unspecified atom stereocenters. The molecular weight excluding hydrogens is 178 g/mol. The first-order valence-electron chi connectivity index (χ1n) is 4.70. The van der Waals surface area contributed by atoms with Crippen LogP contribution in [0.3, 0.4) is 0 Å². The topological polar surface area (TPSA) is 49.3 Å². The summed E-state index contributed by atoms with van der Waals surface area (Å²) < 4.78 is 0. The maximum Gasteiger partial charge on any atom is 0.253 e. The monoisotopic (exact) mass is 195 g/mol. The van der Waals surface area contributed by atoms with Gasteiger partial charge in [0.1, 0.15) is 0 Å². The van der Waals surface area contributed by atoms with Crippen molar-refractivity contribution in [1.82, 2.24) is 5.32 Å². The van der Waals surface area contributed by atoms with Gasteiger partial charge in [0.25, 0.3) is 5.91 Å². The second-order valence-electron chi connectivity index (χ2n) is 2.43. The summed E-state index contributed by atoms with van der Waals surface area (Å²) in [4.78, 5) is 11.0. The summed E-state index contributed by atoms with van der Waals surface area (Å²) >= 11 is 0. The third-order valence-corrected chi connectivity index (χ3v) is 1.61. The van der Waals surface area contributed by atoms with Gasteiger partial charge in [-0.3, -0.25) is 4.79 Å². The van der Waals surface area contributed by atoms with Crippen LogP contribution in [0, 0.1) is 0 Å². The Balaban J connectivity index is 0.000000791. The van der Waals surface area contributed by atoms with Crippen molar-refractivity contribution in [2.45, 2.75) is 20.0 Å². The van der Waals surface area contributed by atoms with Crippen molar-refractivity contribution in [2.75, 3.05) is 7.05 Å². The number of likely N-dealkylation sites (N-methyl/N-ethyl adjacent to an activating group) is 1. The van der Waals surface area contributed by atoms with E-state index >= 15 is 0 Å². The van der Waals surface area contributed by atoms with Crippen LogP contribution in [0.1, 0.15) is 25.5 Å². The van der Waals surface area contributed by atoms with Gasteiger partial charge in [-0.25, -0.2) is 0 Å². The van der Waals surface area contributed by atoms with E-state index in [9.17, 15) is 9.90 Å². The van der Waals surface area contributed by atoms with Gasteiger partial charge >= 0.3 is 0 Å². The average Bonchev–Trinajstić information content (AvgIpc) is 2.31. The number of hydrogen-bond donors (Lipinski definition) is 2. The molecule has 78 valence electrons. The zero-order valence-corrected chi connectivity index (χ0v) is 8.82. The van der Waals surface area contributed by atoms with Crippen LogP contribution in [0.25, 0.3) is 0 Å². The number of benzene rings is 1. The van der Waals surface area contributed by atoms with Crippen LogP contribution >= 0.6 is 0 Å². The fourth-order valence-electron chi connectivity index (χ4n) is 0.923. The van der Waals surface area contributed by atoms with E-state index in [1.807, 2.05) is 19.9 Å². The van der Waals surface area contributed by atoms with Gasteiger partial charge in [0.15, 0.2) is 6.10 Å². The van der Waals surface area contributed by atoms with Gasteiger partial charge in [-0.05, 0) is 5.56 Å². The van der Waals surface area contributed by atoms with Crippen LogP contribution in [0.2, 0.25) is 0 Å². The second kappa shape index (κ2) is 7.09. The molecule has 0 aliphatic heterocycles. The summed E-state index contributed by atoms with van der Waals surface area (Å²) in [5.74, 6) is -0.388. The second-order valence-corrected chi connectivity index (χ2v) is 2.43. The van der Waals surface area contributed by atoms with Gasteiger partial charge in [0, 0.05) is 7.05 Å². The van der Waals surface area contributed by atoms with Crippen LogP contribution in [0.4, 0.5) is 0 Å². The predicted octanol–water partition coefficient (Wildman–Crippen LogP) is 1.49. The van der Waals surface area contributed by atoms with E-state index < -0.39 is 6.10 Å². The molecule has 0 heterocycles. The summed E-state index contributed by atoms with van der Waals surface area (Å²) in [5.41, 5.74) is 0.608. The van der Waals surface area contributed by atoms with E-state index in [2.05, 4.69) is 5.32 Å². The molecule has 0 radical (unpaired) electrons. The number of aliphatic hydroxyl groups is 1. The molecule has 1 aromatic rings. The Morgan fingerprint density at radius 1 is 1.29 bits per heavy atom. The molecule has 2 N–H and O–H groups in total. The third-order valence-electron chi connectivity index (χ3n) is 1.61. The molecule has 0 bridgehead atoms. The van der Waals surface area contributed by atoms with E-state index in [1.54, 1.807) is 24.3 Å². The first-order chi connectivity index (χ1) is 6.75. The molecule has 1 amide bonds.